The van der Waals surface area contributed by atoms with Crippen LogP contribution in [-0.4, -0.2) is 11.0 Å². The molecule has 2 fully saturated rings. The van der Waals surface area contributed by atoms with Gasteiger partial charge in [-0.2, -0.15) is 0 Å². The Morgan fingerprint density at radius 2 is 2.22 bits per heavy atom. The first-order valence-corrected chi connectivity index (χ1v) is 7.94. The molecule has 1 aromatic heterocycles. The van der Waals surface area contributed by atoms with Gasteiger partial charge >= 0.3 is 0 Å². The SMILES string of the molecule is Cc1csc(CNC2C(C)(C)[C@H]3CC[C@]2(C)C3)n1. The number of hydrogen-bond acceptors (Lipinski definition) is 3. The zero-order chi connectivity index (χ0) is 13.0. The number of aromatic nitrogens is 1. The molecule has 0 aromatic carbocycles. The molecule has 3 heteroatoms. The Balaban J connectivity index is 1.72. The van der Waals surface area contributed by atoms with Crippen molar-refractivity contribution in [2.75, 3.05) is 0 Å². The van der Waals surface area contributed by atoms with Gasteiger partial charge in [0.2, 0.25) is 0 Å². The molecule has 2 aliphatic carbocycles. The van der Waals surface area contributed by atoms with Crippen LogP contribution >= 0.6 is 11.3 Å². The molecule has 0 aliphatic heterocycles. The highest BCUT2D eigenvalue weighted by molar-refractivity contribution is 7.09. The second-order valence-corrected chi connectivity index (χ2v) is 8.05. The number of nitrogens with one attached hydrogen (secondary N) is 1. The van der Waals surface area contributed by atoms with Crippen molar-refractivity contribution in [3.63, 3.8) is 0 Å². The molecule has 3 atom stereocenters. The molecule has 2 bridgehead atoms. The lowest BCUT2D eigenvalue weighted by Gasteiger charge is -2.43. The van der Waals surface area contributed by atoms with Gasteiger partial charge in [0, 0.05) is 23.7 Å². The highest BCUT2D eigenvalue weighted by Crippen LogP contribution is 2.62. The Morgan fingerprint density at radius 1 is 1.44 bits per heavy atom. The third-order valence-corrected chi connectivity index (χ3v) is 6.36. The summed E-state index contributed by atoms with van der Waals surface area (Å²) in [7, 11) is 0. The molecule has 0 radical (unpaired) electrons. The standard InChI is InChI=1S/C15H24N2S/c1-10-9-18-12(17-10)8-16-13-14(2,3)11-5-6-15(13,4)7-11/h9,11,13,16H,5-8H2,1-4H3/t11-,13?,15+/m0/s1. The second kappa shape index (κ2) is 4.04. The summed E-state index contributed by atoms with van der Waals surface area (Å²) in [5.41, 5.74) is 2.11. The predicted molar refractivity (Wildman–Crippen MR) is 76.7 cm³/mol. The van der Waals surface area contributed by atoms with Crippen molar-refractivity contribution in [3.8, 4) is 0 Å². The molecule has 1 unspecified atom stereocenters. The molecule has 0 spiro atoms. The van der Waals surface area contributed by atoms with E-state index in [0.29, 0.717) is 16.9 Å². The van der Waals surface area contributed by atoms with E-state index in [2.05, 4.69) is 43.4 Å². The van der Waals surface area contributed by atoms with E-state index in [-0.39, 0.29) is 0 Å². The zero-order valence-electron chi connectivity index (χ0n) is 11.9. The second-order valence-electron chi connectivity index (χ2n) is 7.11. The molecule has 1 N–H and O–H groups in total. The van der Waals surface area contributed by atoms with Gasteiger partial charge in [-0.1, -0.05) is 20.8 Å². The van der Waals surface area contributed by atoms with E-state index in [1.807, 2.05) is 0 Å². The van der Waals surface area contributed by atoms with Crippen LogP contribution in [0.3, 0.4) is 0 Å². The number of thiazole rings is 1. The van der Waals surface area contributed by atoms with Crippen LogP contribution in [-0.2, 0) is 6.54 Å². The largest absolute Gasteiger partial charge is 0.307 e. The fraction of sp³-hybridized carbons (Fsp3) is 0.800. The van der Waals surface area contributed by atoms with Gasteiger partial charge < -0.3 is 5.32 Å². The minimum Gasteiger partial charge on any atom is -0.307 e. The van der Waals surface area contributed by atoms with E-state index < -0.39 is 0 Å². The summed E-state index contributed by atoms with van der Waals surface area (Å²) in [4.78, 5) is 4.56. The molecular weight excluding hydrogens is 240 g/mol. The molecule has 1 heterocycles. The number of nitrogens with zero attached hydrogens (tertiary/aromatic N) is 1. The van der Waals surface area contributed by atoms with E-state index in [9.17, 15) is 0 Å². The molecule has 3 rings (SSSR count). The molecule has 2 saturated carbocycles. The van der Waals surface area contributed by atoms with Crippen molar-refractivity contribution in [2.45, 2.75) is 59.5 Å². The van der Waals surface area contributed by atoms with Crippen molar-refractivity contribution >= 4 is 11.3 Å². The van der Waals surface area contributed by atoms with Crippen LogP contribution in [0.2, 0.25) is 0 Å². The number of hydrogen-bond donors (Lipinski definition) is 1. The lowest BCUT2D eigenvalue weighted by atomic mass is 9.68. The number of rotatable bonds is 3. The Hall–Kier alpha value is -0.410. The van der Waals surface area contributed by atoms with E-state index in [1.165, 1.54) is 24.3 Å². The number of fused-ring (bicyclic) bond motifs is 2. The van der Waals surface area contributed by atoms with Crippen LogP contribution in [0.5, 0.6) is 0 Å². The van der Waals surface area contributed by atoms with Gasteiger partial charge in [0.1, 0.15) is 5.01 Å². The highest BCUT2D eigenvalue weighted by atomic mass is 32.1. The van der Waals surface area contributed by atoms with Gasteiger partial charge in [0.05, 0.1) is 0 Å². The van der Waals surface area contributed by atoms with Crippen molar-refractivity contribution in [1.29, 1.82) is 0 Å². The summed E-state index contributed by atoms with van der Waals surface area (Å²) >= 11 is 1.78. The Bertz CT molecular complexity index is 446. The fourth-order valence-corrected chi connectivity index (χ4v) is 5.21. The van der Waals surface area contributed by atoms with E-state index in [1.54, 1.807) is 11.3 Å². The quantitative estimate of drug-likeness (QED) is 0.899. The Kier molecular flexibility index (Phi) is 2.83. The first kappa shape index (κ1) is 12.6. The molecular formula is C15H24N2S. The smallest absolute Gasteiger partial charge is 0.107 e. The van der Waals surface area contributed by atoms with Gasteiger partial charge in [0.15, 0.2) is 0 Å². The van der Waals surface area contributed by atoms with Gasteiger partial charge in [-0.25, -0.2) is 4.98 Å². The monoisotopic (exact) mass is 264 g/mol. The molecule has 100 valence electrons. The normalized spacial score (nSPS) is 37.3. The van der Waals surface area contributed by atoms with Crippen LogP contribution in [0.4, 0.5) is 0 Å². The van der Waals surface area contributed by atoms with E-state index in [0.717, 1.165) is 18.2 Å². The van der Waals surface area contributed by atoms with Crippen LogP contribution in [0.1, 0.15) is 50.7 Å². The van der Waals surface area contributed by atoms with Crippen LogP contribution in [0, 0.1) is 23.7 Å². The molecule has 18 heavy (non-hydrogen) atoms. The summed E-state index contributed by atoms with van der Waals surface area (Å²) in [6.07, 6.45) is 4.24. The Morgan fingerprint density at radius 3 is 2.78 bits per heavy atom. The zero-order valence-corrected chi connectivity index (χ0v) is 12.7. The highest BCUT2D eigenvalue weighted by Gasteiger charge is 2.58. The first-order chi connectivity index (χ1) is 8.42. The third kappa shape index (κ3) is 1.83. The van der Waals surface area contributed by atoms with E-state index >= 15 is 0 Å². The topological polar surface area (TPSA) is 24.9 Å². The maximum Gasteiger partial charge on any atom is 0.107 e. The van der Waals surface area contributed by atoms with E-state index in [4.69, 9.17) is 0 Å². The summed E-state index contributed by atoms with van der Waals surface area (Å²) in [6, 6.07) is 0.646. The minimum absolute atomic E-state index is 0.444. The molecule has 1 aromatic rings. The van der Waals surface area contributed by atoms with Crippen LogP contribution in [0.25, 0.3) is 0 Å². The van der Waals surface area contributed by atoms with Crippen LogP contribution in [0.15, 0.2) is 5.38 Å². The van der Waals surface area contributed by atoms with Crippen molar-refractivity contribution < 1.29 is 0 Å². The Labute approximate surface area is 114 Å². The molecule has 0 amide bonds. The maximum atomic E-state index is 4.56. The van der Waals surface area contributed by atoms with Crippen molar-refractivity contribution in [3.05, 3.63) is 16.1 Å². The lowest BCUT2D eigenvalue weighted by Crippen LogP contribution is -2.49. The van der Waals surface area contributed by atoms with Gasteiger partial charge in [-0.15, -0.1) is 11.3 Å². The lowest BCUT2D eigenvalue weighted by molar-refractivity contribution is 0.108. The van der Waals surface area contributed by atoms with Crippen molar-refractivity contribution in [2.24, 2.45) is 16.7 Å². The molecule has 2 aliphatic rings. The average molecular weight is 264 g/mol. The molecule has 0 saturated heterocycles. The third-order valence-electron chi connectivity index (χ3n) is 5.39. The summed E-state index contributed by atoms with van der Waals surface area (Å²) in [5.74, 6) is 0.915. The summed E-state index contributed by atoms with van der Waals surface area (Å²) in [5, 5.41) is 7.20. The predicted octanol–water partition coefficient (Wildman–Crippen LogP) is 3.76. The number of aryl methyl sites for hydroxylation is 1. The minimum atomic E-state index is 0.444. The van der Waals surface area contributed by atoms with Crippen LogP contribution < -0.4 is 5.32 Å². The summed E-state index contributed by atoms with van der Waals surface area (Å²) < 4.78 is 0. The summed E-state index contributed by atoms with van der Waals surface area (Å²) in [6.45, 7) is 10.4. The fourth-order valence-electron chi connectivity index (χ4n) is 4.48. The first-order valence-electron chi connectivity index (χ1n) is 7.06. The maximum absolute atomic E-state index is 4.56. The average Bonchev–Trinajstić information content (AvgIpc) is 2.89. The molecule has 2 nitrogen and oxygen atoms in total. The van der Waals surface area contributed by atoms with Gasteiger partial charge in [-0.3, -0.25) is 0 Å². The van der Waals surface area contributed by atoms with Gasteiger partial charge in [0.25, 0.3) is 0 Å². The van der Waals surface area contributed by atoms with Gasteiger partial charge in [-0.05, 0) is 42.9 Å². The van der Waals surface area contributed by atoms with Crippen molar-refractivity contribution in [1.82, 2.24) is 10.3 Å².